The fraction of sp³-hybridized carbons (Fsp3) is 0.364. The van der Waals surface area contributed by atoms with E-state index in [2.05, 4.69) is 19.9 Å². The maximum atomic E-state index is 12.4. The number of carbonyl (C=O) groups excluding carboxylic acids is 1. The highest BCUT2D eigenvalue weighted by Gasteiger charge is 2.18. The summed E-state index contributed by atoms with van der Waals surface area (Å²) >= 11 is 0. The Morgan fingerprint density at radius 2 is 1.97 bits per heavy atom. The lowest BCUT2D eigenvalue weighted by atomic mass is 10.2. The number of hydrogen-bond acceptors (Lipinski definition) is 7. The summed E-state index contributed by atoms with van der Waals surface area (Å²) < 4.78 is 5.79. The number of aromatic hydroxyl groups is 1. The van der Waals surface area contributed by atoms with Gasteiger partial charge in [0.15, 0.2) is 5.88 Å². The van der Waals surface area contributed by atoms with Crippen LogP contribution in [0.2, 0.25) is 0 Å². The van der Waals surface area contributed by atoms with E-state index in [1.165, 1.54) is 6.33 Å². The van der Waals surface area contributed by atoms with Crippen LogP contribution in [0.15, 0.2) is 35.6 Å². The van der Waals surface area contributed by atoms with Crippen molar-refractivity contribution in [1.82, 2.24) is 19.9 Å². The number of nitrogens with one attached hydrogen (secondary N) is 1. The zero-order chi connectivity index (χ0) is 21.8. The number of H-pyrrole nitrogens is 1. The summed E-state index contributed by atoms with van der Waals surface area (Å²) in [5.41, 5.74) is 1.75. The van der Waals surface area contributed by atoms with Crippen LogP contribution in [-0.2, 0) is 4.79 Å². The molecular weight excluding hydrogens is 396 g/mol. The number of hydrogen-bond donors (Lipinski definition) is 2. The maximum Gasteiger partial charge on any atom is 0.222 e. The molecule has 0 unspecified atom stereocenters. The Kier molecular flexibility index (Phi) is 6.01. The summed E-state index contributed by atoms with van der Waals surface area (Å²) in [6.07, 6.45) is 4.96. The van der Waals surface area contributed by atoms with Crippen LogP contribution in [0, 0.1) is 0 Å². The van der Waals surface area contributed by atoms with Crippen molar-refractivity contribution in [3.8, 4) is 11.6 Å². The van der Waals surface area contributed by atoms with Crippen LogP contribution in [0.5, 0.6) is 11.6 Å². The summed E-state index contributed by atoms with van der Waals surface area (Å²) in [5.74, 6) is 1.47. The van der Waals surface area contributed by atoms with E-state index in [1.807, 2.05) is 43.3 Å². The Hall–Kier alpha value is -3.62. The fourth-order valence-corrected chi connectivity index (χ4v) is 3.60. The molecule has 1 aliphatic rings. The van der Waals surface area contributed by atoms with Gasteiger partial charge in [-0.1, -0.05) is 6.07 Å². The van der Waals surface area contributed by atoms with E-state index in [1.54, 1.807) is 11.1 Å². The largest absolute Gasteiger partial charge is 0.494 e. The topological polar surface area (TPSA) is 107 Å². The number of nitrogens with zero attached hydrogens (tertiary/aromatic N) is 5. The summed E-state index contributed by atoms with van der Waals surface area (Å²) in [4.78, 5) is 32.2. The third-order valence-electron chi connectivity index (χ3n) is 5.33. The van der Waals surface area contributed by atoms with Gasteiger partial charge in [-0.15, -0.1) is 0 Å². The minimum Gasteiger partial charge on any atom is -0.494 e. The number of rotatable bonds is 0. The number of benzene rings is 1. The Labute approximate surface area is 180 Å². The lowest BCUT2D eigenvalue weighted by Crippen LogP contribution is -2.30. The minimum absolute atomic E-state index is 0.0129. The molecule has 9 heteroatoms. The monoisotopic (exact) mass is 422 g/mol. The number of ether oxygens (including phenoxy) is 1. The van der Waals surface area contributed by atoms with Gasteiger partial charge in [0, 0.05) is 45.9 Å². The van der Waals surface area contributed by atoms with Gasteiger partial charge in [-0.2, -0.15) is 0 Å². The summed E-state index contributed by atoms with van der Waals surface area (Å²) in [5, 5.41) is 11.2. The Morgan fingerprint density at radius 1 is 1.13 bits per heavy atom. The third-order valence-corrected chi connectivity index (χ3v) is 5.33. The highest BCUT2D eigenvalue weighted by molar-refractivity contribution is 6.06. The first kappa shape index (κ1) is 20.6. The van der Waals surface area contributed by atoms with Crippen LogP contribution in [0.25, 0.3) is 11.0 Å². The highest BCUT2D eigenvalue weighted by Crippen LogP contribution is 2.31. The van der Waals surface area contributed by atoms with Crippen LogP contribution in [0.4, 0.5) is 11.5 Å². The Morgan fingerprint density at radius 3 is 2.84 bits per heavy atom. The number of aliphatic imine (C=N–C) groups is 1. The van der Waals surface area contributed by atoms with Crippen molar-refractivity contribution in [2.24, 2.45) is 4.99 Å². The molecule has 9 nitrogen and oxygen atoms in total. The molecule has 1 amide bonds. The van der Waals surface area contributed by atoms with Crippen molar-refractivity contribution in [3.63, 3.8) is 0 Å². The smallest absolute Gasteiger partial charge is 0.222 e. The second-order valence-electron chi connectivity index (χ2n) is 7.61. The van der Waals surface area contributed by atoms with Crippen molar-refractivity contribution in [2.75, 3.05) is 38.7 Å². The van der Waals surface area contributed by atoms with Crippen molar-refractivity contribution < 1.29 is 14.6 Å². The van der Waals surface area contributed by atoms with E-state index < -0.39 is 0 Å². The zero-order valence-electron chi connectivity index (χ0n) is 17.7. The van der Waals surface area contributed by atoms with Crippen LogP contribution in [-0.4, -0.2) is 70.9 Å². The van der Waals surface area contributed by atoms with Gasteiger partial charge in [0.25, 0.3) is 0 Å². The molecule has 3 heterocycles. The zero-order valence-corrected chi connectivity index (χ0v) is 17.7. The molecule has 2 aromatic heterocycles. The van der Waals surface area contributed by atoms with Crippen LogP contribution in [0.1, 0.15) is 24.8 Å². The Balaban J connectivity index is 1.73. The van der Waals surface area contributed by atoms with Crippen LogP contribution >= 0.6 is 0 Å². The number of anilines is 1. The molecular formula is C22H26N6O3. The highest BCUT2D eigenvalue weighted by atomic mass is 16.5. The normalized spacial score (nSPS) is 16.1. The molecule has 1 aliphatic heterocycles. The molecule has 0 atom stereocenters. The van der Waals surface area contributed by atoms with Crippen molar-refractivity contribution >= 4 is 34.7 Å². The van der Waals surface area contributed by atoms with Crippen molar-refractivity contribution in [3.05, 3.63) is 36.2 Å². The molecule has 162 valence electrons. The molecule has 31 heavy (non-hydrogen) atoms. The molecule has 2 N–H and O–H groups in total. The van der Waals surface area contributed by atoms with Crippen molar-refractivity contribution in [1.29, 1.82) is 0 Å². The van der Waals surface area contributed by atoms with Crippen LogP contribution in [0.3, 0.4) is 0 Å². The van der Waals surface area contributed by atoms with E-state index >= 15 is 0 Å². The predicted molar refractivity (Wildman–Crippen MR) is 120 cm³/mol. The van der Waals surface area contributed by atoms with Crippen molar-refractivity contribution in [2.45, 2.75) is 19.3 Å². The number of carbonyl (C=O) groups is 1. The molecule has 3 aromatic rings. The molecule has 2 bridgehead atoms. The SMILES string of the molecule is CN1CCCN(C)c2ncnc3[nH]c(O)c(c23)C=Nc2cccc(c2)OCCCC1=O. The molecule has 4 rings (SSSR count). The Bertz CT molecular complexity index is 1110. The molecule has 0 saturated carbocycles. The van der Waals surface area contributed by atoms with Gasteiger partial charge in [-0.05, 0) is 25.0 Å². The van der Waals surface area contributed by atoms with Gasteiger partial charge in [-0.25, -0.2) is 9.97 Å². The number of fused-ring (bicyclic) bond motifs is 2. The number of aromatic nitrogens is 3. The first-order chi connectivity index (χ1) is 15.0. The molecule has 0 radical (unpaired) electrons. The second-order valence-corrected chi connectivity index (χ2v) is 7.61. The van der Waals surface area contributed by atoms with Crippen LogP contribution < -0.4 is 9.64 Å². The third kappa shape index (κ3) is 4.60. The first-order valence-corrected chi connectivity index (χ1v) is 10.3. The molecule has 0 fully saturated rings. The fourth-order valence-electron chi connectivity index (χ4n) is 3.60. The summed E-state index contributed by atoms with van der Waals surface area (Å²) in [7, 11) is 3.76. The van der Waals surface area contributed by atoms with Gasteiger partial charge >= 0.3 is 0 Å². The van der Waals surface area contributed by atoms with Gasteiger partial charge in [0.2, 0.25) is 5.91 Å². The lowest BCUT2D eigenvalue weighted by molar-refractivity contribution is -0.130. The standard InChI is InChI=1S/C22H26N6O3/c1-27-9-5-10-28(2)21-19-17(22(30)26-20(19)24-14-25-21)13-23-15-6-3-7-16(12-15)31-11-4-8-18(27)29/h3,6-7,12-14,30H,4-5,8-11H2,1-2H3,(H,24,25,26). The van der Waals surface area contributed by atoms with Gasteiger partial charge < -0.3 is 24.6 Å². The van der Waals surface area contributed by atoms with E-state index in [0.29, 0.717) is 66.4 Å². The lowest BCUT2D eigenvalue weighted by Gasteiger charge is -2.22. The molecule has 0 spiro atoms. The maximum absolute atomic E-state index is 12.4. The van der Waals surface area contributed by atoms with Gasteiger partial charge in [0.05, 0.1) is 23.2 Å². The second kappa shape index (κ2) is 9.03. The van der Waals surface area contributed by atoms with E-state index in [-0.39, 0.29) is 11.8 Å². The van der Waals surface area contributed by atoms with Gasteiger partial charge in [-0.3, -0.25) is 9.79 Å². The molecule has 0 saturated heterocycles. The molecule has 1 aromatic carbocycles. The number of aromatic amines is 1. The quantitative estimate of drug-likeness (QED) is 0.577. The number of amides is 1. The van der Waals surface area contributed by atoms with E-state index in [0.717, 1.165) is 6.42 Å². The first-order valence-electron chi connectivity index (χ1n) is 10.3. The predicted octanol–water partition coefficient (Wildman–Crippen LogP) is 2.87. The van der Waals surface area contributed by atoms with E-state index in [9.17, 15) is 9.90 Å². The minimum atomic E-state index is -0.0129. The summed E-state index contributed by atoms with van der Waals surface area (Å²) in [6, 6.07) is 7.39. The van der Waals surface area contributed by atoms with Gasteiger partial charge in [0.1, 0.15) is 23.5 Å². The average molecular weight is 422 g/mol. The molecule has 0 aliphatic carbocycles. The summed E-state index contributed by atoms with van der Waals surface area (Å²) in [6.45, 7) is 1.80. The van der Waals surface area contributed by atoms with E-state index in [4.69, 9.17) is 4.74 Å². The average Bonchev–Trinajstić information content (AvgIpc) is 3.09.